The Balaban J connectivity index is 1.89. The molecule has 0 spiro atoms. The molecule has 1 N–H and O–H groups in total. The minimum Gasteiger partial charge on any atom is -0.497 e. The normalized spacial score (nSPS) is 11.2. The number of ether oxygens (including phenoxy) is 2. The topological polar surface area (TPSA) is 86.4 Å². The third-order valence-electron chi connectivity index (χ3n) is 4.29. The second kappa shape index (κ2) is 7.08. The average Bonchev–Trinajstić information content (AvgIpc) is 3.30. The summed E-state index contributed by atoms with van der Waals surface area (Å²) in [6.45, 7) is 0.754. The zero-order valence-corrected chi connectivity index (χ0v) is 15.0. The van der Waals surface area contributed by atoms with Crippen LogP contribution in [0.15, 0.2) is 53.6 Å². The summed E-state index contributed by atoms with van der Waals surface area (Å²) in [5.74, 6) is 0.761. The molecule has 8 nitrogen and oxygen atoms in total. The van der Waals surface area contributed by atoms with E-state index in [0.717, 1.165) is 22.6 Å². The van der Waals surface area contributed by atoms with Crippen LogP contribution in [-0.2, 0) is 17.9 Å². The number of hydrogen-bond donors (Lipinski definition) is 1. The van der Waals surface area contributed by atoms with Crippen LogP contribution in [-0.4, -0.2) is 38.6 Å². The maximum Gasteiger partial charge on any atom is 0.272 e. The molecule has 0 amide bonds. The van der Waals surface area contributed by atoms with Crippen LogP contribution in [0, 0.1) is 0 Å². The molecule has 27 heavy (non-hydrogen) atoms. The average molecular weight is 365 g/mol. The molecule has 1 aromatic carbocycles. The number of benzene rings is 1. The molecule has 0 unspecified atom stereocenters. The molecule has 0 saturated heterocycles. The van der Waals surface area contributed by atoms with E-state index in [1.54, 1.807) is 25.1 Å². The van der Waals surface area contributed by atoms with Crippen molar-refractivity contribution in [2.45, 2.75) is 13.2 Å². The summed E-state index contributed by atoms with van der Waals surface area (Å²) in [6.07, 6.45) is 3.53. The Labute approximate surface area is 155 Å². The molecule has 0 aliphatic carbocycles. The van der Waals surface area contributed by atoms with Crippen LogP contribution < -0.4 is 10.3 Å². The van der Waals surface area contributed by atoms with Gasteiger partial charge in [-0.1, -0.05) is 12.1 Å². The fourth-order valence-electron chi connectivity index (χ4n) is 3.08. The SMILES string of the molecule is COCc1[nH]n2c(=O)cc(Cn3cccn3)nc2c1-c1ccc(OC)cc1. The van der Waals surface area contributed by atoms with Crippen molar-refractivity contribution >= 4 is 5.65 Å². The summed E-state index contributed by atoms with van der Waals surface area (Å²) in [5.41, 5.74) is 3.55. The first-order valence-corrected chi connectivity index (χ1v) is 8.44. The monoisotopic (exact) mass is 365 g/mol. The van der Waals surface area contributed by atoms with Crippen molar-refractivity contribution in [3.63, 3.8) is 0 Å². The Morgan fingerprint density at radius 1 is 1.19 bits per heavy atom. The van der Waals surface area contributed by atoms with E-state index in [0.29, 0.717) is 24.5 Å². The number of aromatic nitrogens is 5. The molecular formula is C19H19N5O3. The summed E-state index contributed by atoms with van der Waals surface area (Å²) in [7, 11) is 3.24. The molecule has 0 aliphatic heterocycles. The lowest BCUT2D eigenvalue weighted by molar-refractivity contribution is 0.181. The predicted octanol–water partition coefficient (Wildman–Crippen LogP) is 2.09. The highest BCUT2D eigenvalue weighted by molar-refractivity contribution is 5.80. The highest BCUT2D eigenvalue weighted by atomic mass is 16.5. The maximum absolute atomic E-state index is 12.6. The van der Waals surface area contributed by atoms with Crippen LogP contribution in [0.3, 0.4) is 0 Å². The number of nitrogens with one attached hydrogen (secondary N) is 1. The summed E-state index contributed by atoms with van der Waals surface area (Å²) < 4.78 is 13.7. The lowest BCUT2D eigenvalue weighted by Gasteiger charge is -2.06. The summed E-state index contributed by atoms with van der Waals surface area (Å²) in [5, 5.41) is 7.29. The molecule has 0 radical (unpaired) electrons. The van der Waals surface area contributed by atoms with E-state index in [1.807, 2.05) is 36.5 Å². The molecule has 4 aromatic rings. The van der Waals surface area contributed by atoms with Gasteiger partial charge in [-0.2, -0.15) is 5.10 Å². The number of rotatable bonds is 6. The van der Waals surface area contributed by atoms with Crippen LogP contribution >= 0.6 is 0 Å². The van der Waals surface area contributed by atoms with Gasteiger partial charge in [0.1, 0.15) is 5.75 Å². The van der Waals surface area contributed by atoms with Crippen molar-refractivity contribution in [1.82, 2.24) is 24.4 Å². The summed E-state index contributed by atoms with van der Waals surface area (Å²) in [6, 6.07) is 11.0. The van der Waals surface area contributed by atoms with E-state index >= 15 is 0 Å². The number of nitrogens with zero attached hydrogens (tertiary/aromatic N) is 4. The van der Waals surface area contributed by atoms with Crippen LogP contribution in [0.1, 0.15) is 11.4 Å². The quantitative estimate of drug-likeness (QED) is 0.565. The van der Waals surface area contributed by atoms with Gasteiger partial charge in [0, 0.05) is 31.1 Å². The van der Waals surface area contributed by atoms with Crippen LogP contribution in [0.25, 0.3) is 16.8 Å². The van der Waals surface area contributed by atoms with E-state index < -0.39 is 0 Å². The molecule has 0 bridgehead atoms. The zero-order valence-electron chi connectivity index (χ0n) is 15.0. The molecule has 0 atom stereocenters. The molecule has 0 aliphatic rings. The van der Waals surface area contributed by atoms with Gasteiger partial charge >= 0.3 is 0 Å². The predicted molar refractivity (Wildman–Crippen MR) is 99.8 cm³/mol. The molecule has 3 aromatic heterocycles. The standard InChI is InChI=1S/C19H19N5O3/c1-26-12-16-18(13-4-6-15(27-2)7-5-13)19-21-14(10-17(25)24(19)22-16)11-23-9-3-8-20-23/h3-10,22H,11-12H2,1-2H3. The molecule has 0 saturated carbocycles. The molecule has 138 valence electrons. The maximum atomic E-state index is 12.6. The van der Waals surface area contributed by atoms with Gasteiger partial charge in [-0.05, 0) is 23.8 Å². The minimum atomic E-state index is -0.181. The Hall–Kier alpha value is -3.39. The third kappa shape index (κ3) is 3.22. The van der Waals surface area contributed by atoms with Crippen molar-refractivity contribution in [2.24, 2.45) is 0 Å². The first kappa shape index (κ1) is 17.0. The van der Waals surface area contributed by atoms with Gasteiger partial charge in [0.15, 0.2) is 5.65 Å². The van der Waals surface area contributed by atoms with Crippen LogP contribution in [0.5, 0.6) is 5.75 Å². The highest BCUT2D eigenvalue weighted by Crippen LogP contribution is 2.29. The zero-order chi connectivity index (χ0) is 18.8. The molecule has 0 fully saturated rings. The number of methoxy groups -OCH3 is 2. The first-order chi connectivity index (χ1) is 13.2. The Morgan fingerprint density at radius 2 is 2.00 bits per heavy atom. The third-order valence-corrected chi connectivity index (χ3v) is 4.29. The minimum absolute atomic E-state index is 0.181. The van der Waals surface area contributed by atoms with Crippen molar-refractivity contribution in [3.05, 3.63) is 70.5 Å². The van der Waals surface area contributed by atoms with Gasteiger partial charge in [0.25, 0.3) is 5.56 Å². The van der Waals surface area contributed by atoms with E-state index in [2.05, 4.69) is 10.2 Å². The lowest BCUT2D eigenvalue weighted by Crippen LogP contribution is -2.17. The Morgan fingerprint density at radius 3 is 2.67 bits per heavy atom. The number of hydrogen-bond acceptors (Lipinski definition) is 5. The molecule has 8 heteroatoms. The van der Waals surface area contributed by atoms with Crippen molar-refractivity contribution in [2.75, 3.05) is 14.2 Å². The smallest absolute Gasteiger partial charge is 0.272 e. The lowest BCUT2D eigenvalue weighted by atomic mass is 10.1. The van der Waals surface area contributed by atoms with E-state index in [4.69, 9.17) is 14.5 Å². The van der Waals surface area contributed by atoms with Crippen molar-refractivity contribution in [1.29, 1.82) is 0 Å². The van der Waals surface area contributed by atoms with E-state index in [-0.39, 0.29) is 5.56 Å². The van der Waals surface area contributed by atoms with Crippen LogP contribution in [0.4, 0.5) is 0 Å². The Bertz CT molecular complexity index is 1110. The first-order valence-electron chi connectivity index (χ1n) is 8.44. The highest BCUT2D eigenvalue weighted by Gasteiger charge is 2.17. The number of fused-ring (bicyclic) bond motifs is 1. The Kier molecular flexibility index (Phi) is 4.47. The van der Waals surface area contributed by atoms with Crippen molar-refractivity contribution < 1.29 is 9.47 Å². The van der Waals surface area contributed by atoms with Crippen molar-refractivity contribution in [3.8, 4) is 16.9 Å². The van der Waals surface area contributed by atoms with Gasteiger partial charge in [-0.3, -0.25) is 14.6 Å². The molecule has 4 rings (SSSR count). The van der Waals surface area contributed by atoms with E-state index in [1.165, 1.54) is 10.6 Å². The number of aromatic amines is 1. The van der Waals surface area contributed by atoms with E-state index in [9.17, 15) is 4.79 Å². The van der Waals surface area contributed by atoms with Gasteiger partial charge in [-0.15, -0.1) is 0 Å². The van der Waals surface area contributed by atoms with Gasteiger partial charge in [0.05, 0.1) is 31.6 Å². The van der Waals surface area contributed by atoms with Gasteiger partial charge in [-0.25, -0.2) is 9.50 Å². The summed E-state index contributed by atoms with van der Waals surface area (Å²) >= 11 is 0. The molecular weight excluding hydrogens is 346 g/mol. The van der Waals surface area contributed by atoms with Gasteiger partial charge in [0.2, 0.25) is 0 Å². The van der Waals surface area contributed by atoms with Gasteiger partial charge < -0.3 is 9.47 Å². The fourth-order valence-corrected chi connectivity index (χ4v) is 3.08. The second-order valence-electron chi connectivity index (χ2n) is 6.08. The fraction of sp³-hybridized carbons (Fsp3) is 0.211. The number of H-pyrrole nitrogens is 1. The largest absolute Gasteiger partial charge is 0.497 e. The second-order valence-corrected chi connectivity index (χ2v) is 6.08. The molecule has 3 heterocycles. The van der Waals surface area contributed by atoms with Crippen LogP contribution in [0.2, 0.25) is 0 Å². The summed E-state index contributed by atoms with van der Waals surface area (Å²) in [4.78, 5) is 17.3.